The van der Waals surface area contributed by atoms with Gasteiger partial charge in [0.2, 0.25) is 5.91 Å². The summed E-state index contributed by atoms with van der Waals surface area (Å²) in [7, 11) is 0. The lowest BCUT2D eigenvalue weighted by Gasteiger charge is -2.41. The molecule has 0 saturated carbocycles. The molecule has 0 bridgehead atoms. The highest BCUT2D eigenvalue weighted by Gasteiger charge is 2.36. The van der Waals surface area contributed by atoms with Gasteiger partial charge in [0.05, 0.1) is 12.6 Å². The van der Waals surface area contributed by atoms with E-state index in [0.717, 1.165) is 25.8 Å². The first-order valence-corrected chi connectivity index (χ1v) is 14.4. The minimum atomic E-state index is -0.258. The van der Waals surface area contributed by atoms with Crippen molar-refractivity contribution in [1.29, 1.82) is 0 Å². The van der Waals surface area contributed by atoms with Crippen LogP contribution < -0.4 is 0 Å². The quantitative estimate of drug-likeness (QED) is 0.270. The number of amides is 1. The number of rotatable bonds is 6. The summed E-state index contributed by atoms with van der Waals surface area (Å²) >= 11 is 0. The largest absolute Gasteiger partial charge is 0.333 e. The molecule has 204 valence electrons. The monoisotopic (exact) mass is 532 g/mol. The van der Waals surface area contributed by atoms with Crippen LogP contribution in [0, 0.1) is 26.6 Å². The van der Waals surface area contributed by atoms with Crippen molar-refractivity contribution in [3.63, 3.8) is 0 Å². The summed E-state index contributed by atoms with van der Waals surface area (Å²) in [5.41, 5.74) is 10.9. The molecule has 3 nitrogen and oxygen atoms in total. The maximum atomic E-state index is 14.8. The molecule has 4 aromatic carbocycles. The summed E-state index contributed by atoms with van der Waals surface area (Å²) < 4.78 is 14.8. The Morgan fingerprint density at radius 1 is 0.825 bits per heavy atom. The number of halogens is 1. The molecule has 1 heterocycles. The van der Waals surface area contributed by atoms with E-state index in [-0.39, 0.29) is 30.4 Å². The Morgan fingerprint density at radius 3 is 2.23 bits per heavy atom. The Bertz CT molecular complexity index is 1540. The molecular formula is C36H37FN2O. The number of hydrogen-bond acceptors (Lipinski definition) is 2. The van der Waals surface area contributed by atoms with Gasteiger partial charge in [-0.05, 0) is 90.6 Å². The number of carbonyl (C=O) groups excluding carboxylic acids is 1. The van der Waals surface area contributed by atoms with Crippen LogP contribution in [-0.4, -0.2) is 34.8 Å². The number of aryl methyl sites for hydroxylation is 2. The van der Waals surface area contributed by atoms with E-state index in [1.165, 1.54) is 50.6 Å². The summed E-state index contributed by atoms with van der Waals surface area (Å²) in [5.74, 6) is -0.194. The predicted molar refractivity (Wildman–Crippen MR) is 159 cm³/mol. The molecule has 2 aliphatic rings. The van der Waals surface area contributed by atoms with E-state index in [0.29, 0.717) is 12.1 Å². The molecule has 1 aliphatic heterocycles. The minimum absolute atomic E-state index is 0.00452. The van der Waals surface area contributed by atoms with Gasteiger partial charge in [-0.25, -0.2) is 4.39 Å². The van der Waals surface area contributed by atoms with Crippen molar-refractivity contribution < 1.29 is 9.18 Å². The Morgan fingerprint density at radius 2 is 1.50 bits per heavy atom. The molecule has 0 saturated heterocycles. The Kier molecular flexibility index (Phi) is 7.29. The predicted octanol–water partition coefficient (Wildman–Crippen LogP) is 6.89. The van der Waals surface area contributed by atoms with E-state index in [2.05, 4.69) is 86.3 Å². The van der Waals surface area contributed by atoms with Crippen LogP contribution in [0.3, 0.4) is 0 Å². The fourth-order valence-corrected chi connectivity index (χ4v) is 6.74. The fourth-order valence-electron chi connectivity index (χ4n) is 6.74. The second-order valence-electron chi connectivity index (χ2n) is 11.5. The van der Waals surface area contributed by atoms with E-state index >= 15 is 0 Å². The lowest BCUT2D eigenvalue weighted by Crippen LogP contribution is -2.48. The van der Waals surface area contributed by atoms with Crippen molar-refractivity contribution in [3.8, 4) is 0 Å². The summed E-state index contributed by atoms with van der Waals surface area (Å²) in [4.78, 5) is 18.7. The summed E-state index contributed by atoms with van der Waals surface area (Å²) in [5, 5.41) is 0. The van der Waals surface area contributed by atoms with Crippen LogP contribution >= 0.6 is 0 Å². The lowest BCUT2D eigenvalue weighted by molar-refractivity contribution is -0.136. The van der Waals surface area contributed by atoms with Gasteiger partial charge >= 0.3 is 0 Å². The Hall–Kier alpha value is -3.76. The SMILES string of the molecule is Cc1ccccc1C1c2c(ccc(C)c2C)CCN1CC(=O)N(Cc1ccccc1F)C1Cc2ccccc2C1. The number of hydrogen-bond donors (Lipinski definition) is 0. The third kappa shape index (κ3) is 4.97. The van der Waals surface area contributed by atoms with Crippen molar-refractivity contribution in [2.45, 2.75) is 58.7 Å². The topological polar surface area (TPSA) is 23.6 Å². The Balaban J connectivity index is 1.36. The highest BCUT2D eigenvalue weighted by molar-refractivity contribution is 5.79. The van der Waals surface area contributed by atoms with Crippen LogP contribution in [0.25, 0.3) is 0 Å². The van der Waals surface area contributed by atoms with Gasteiger partial charge < -0.3 is 4.90 Å². The lowest BCUT2D eigenvalue weighted by atomic mass is 9.82. The molecule has 1 aliphatic carbocycles. The van der Waals surface area contributed by atoms with Gasteiger partial charge in [0.25, 0.3) is 0 Å². The number of fused-ring (bicyclic) bond motifs is 2. The van der Waals surface area contributed by atoms with Gasteiger partial charge in [-0.15, -0.1) is 0 Å². The van der Waals surface area contributed by atoms with E-state index in [9.17, 15) is 9.18 Å². The van der Waals surface area contributed by atoms with Gasteiger partial charge in [0.15, 0.2) is 0 Å². The second kappa shape index (κ2) is 11.0. The molecule has 1 atom stereocenters. The van der Waals surface area contributed by atoms with Crippen LogP contribution in [0.5, 0.6) is 0 Å². The van der Waals surface area contributed by atoms with Crippen LogP contribution in [0.4, 0.5) is 4.39 Å². The van der Waals surface area contributed by atoms with Crippen molar-refractivity contribution in [1.82, 2.24) is 9.80 Å². The molecule has 4 heteroatoms. The highest BCUT2D eigenvalue weighted by Crippen LogP contribution is 2.39. The number of benzene rings is 4. The highest BCUT2D eigenvalue weighted by atomic mass is 19.1. The standard InChI is InChI=1S/C36H37FN2O/c1-24-16-17-27-18-19-38(36(35(27)26(24)3)32-14-8-4-10-25(32)2)23-34(40)39(22-30-13-7-9-15-33(30)37)31-20-28-11-5-6-12-29(28)21-31/h4-17,31,36H,18-23H2,1-3H3. The maximum absolute atomic E-state index is 14.8. The van der Waals surface area contributed by atoms with Crippen molar-refractivity contribution in [3.05, 3.63) is 141 Å². The zero-order valence-electron chi connectivity index (χ0n) is 23.7. The zero-order chi connectivity index (χ0) is 27.8. The van der Waals surface area contributed by atoms with Crippen LogP contribution in [0.1, 0.15) is 56.1 Å². The first-order valence-electron chi connectivity index (χ1n) is 14.4. The zero-order valence-corrected chi connectivity index (χ0v) is 23.7. The molecule has 4 aromatic rings. The van der Waals surface area contributed by atoms with Gasteiger partial charge in [-0.3, -0.25) is 9.69 Å². The van der Waals surface area contributed by atoms with Crippen molar-refractivity contribution in [2.24, 2.45) is 0 Å². The molecule has 0 N–H and O–H groups in total. The van der Waals surface area contributed by atoms with Gasteiger partial charge in [0.1, 0.15) is 5.82 Å². The molecule has 6 rings (SSSR count). The van der Waals surface area contributed by atoms with Crippen LogP contribution in [0.15, 0.2) is 84.9 Å². The molecule has 40 heavy (non-hydrogen) atoms. The third-order valence-corrected chi connectivity index (χ3v) is 9.09. The normalized spacial score (nSPS) is 16.9. The molecule has 0 aromatic heterocycles. The van der Waals surface area contributed by atoms with Gasteiger partial charge in [-0.1, -0.05) is 78.9 Å². The van der Waals surface area contributed by atoms with E-state index < -0.39 is 0 Å². The Labute approximate surface area is 237 Å². The van der Waals surface area contributed by atoms with Crippen molar-refractivity contribution >= 4 is 5.91 Å². The second-order valence-corrected chi connectivity index (χ2v) is 11.5. The third-order valence-electron chi connectivity index (χ3n) is 9.09. The first-order chi connectivity index (χ1) is 19.4. The van der Waals surface area contributed by atoms with Gasteiger partial charge in [0, 0.05) is 24.7 Å². The van der Waals surface area contributed by atoms with E-state index in [4.69, 9.17) is 0 Å². The van der Waals surface area contributed by atoms with E-state index in [1.807, 2.05) is 11.0 Å². The smallest absolute Gasteiger partial charge is 0.237 e. The molecule has 0 spiro atoms. The molecule has 0 fully saturated rings. The summed E-state index contributed by atoms with van der Waals surface area (Å²) in [6.45, 7) is 7.93. The minimum Gasteiger partial charge on any atom is -0.333 e. The summed E-state index contributed by atoms with van der Waals surface area (Å²) in [6, 6.07) is 28.3. The van der Waals surface area contributed by atoms with Crippen LogP contribution in [-0.2, 0) is 30.6 Å². The number of nitrogens with zero attached hydrogens (tertiary/aromatic N) is 2. The molecule has 1 unspecified atom stereocenters. The van der Waals surface area contributed by atoms with Gasteiger partial charge in [-0.2, -0.15) is 0 Å². The van der Waals surface area contributed by atoms with E-state index in [1.54, 1.807) is 12.1 Å². The fraction of sp³-hybridized carbons (Fsp3) is 0.306. The average molecular weight is 533 g/mol. The number of carbonyl (C=O) groups is 1. The molecule has 1 amide bonds. The maximum Gasteiger partial charge on any atom is 0.237 e. The molecular weight excluding hydrogens is 495 g/mol. The first kappa shape index (κ1) is 26.5. The average Bonchev–Trinajstić information content (AvgIpc) is 3.39. The van der Waals surface area contributed by atoms with Crippen LogP contribution in [0.2, 0.25) is 0 Å². The van der Waals surface area contributed by atoms with Crippen molar-refractivity contribution in [2.75, 3.05) is 13.1 Å². The summed E-state index contributed by atoms with van der Waals surface area (Å²) in [6.07, 6.45) is 2.52. The molecule has 0 radical (unpaired) electrons.